The fraction of sp³-hybridized carbons (Fsp3) is 0.538. The molecule has 0 aromatic carbocycles. The van der Waals surface area contributed by atoms with Gasteiger partial charge in [0.25, 0.3) is 0 Å². The first kappa shape index (κ1) is 13.2. The summed E-state index contributed by atoms with van der Waals surface area (Å²) in [7, 11) is 0. The maximum atomic E-state index is 4.38. The molecule has 5 heteroatoms. The standard InChI is InChI=1S/C13H20N4S/c1-4-14-12(11-5-6-18-8-11)7-13-15-9-16-17(13)10(2)3/h5-6,8-10,12,14H,4,7H2,1-3H3. The van der Waals surface area contributed by atoms with E-state index in [1.54, 1.807) is 17.7 Å². The zero-order valence-corrected chi connectivity index (χ0v) is 11.9. The van der Waals surface area contributed by atoms with Gasteiger partial charge in [0.1, 0.15) is 12.2 Å². The van der Waals surface area contributed by atoms with Crippen LogP contribution in [-0.4, -0.2) is 21.3 Å². The van der Waals surface area contributed by atoms with Crippen LogP contribution in [0, 0.1) is 0 Å². The predicted octanol–water partition coefficient (Wildman–Crippen LogP) is 2.81. The molecule has 2 rings (SSSR count). The van der Waals surface area contributed by atoms with Gasteiger partial charge in [0.15, 0.2) is 0 Å². The minimum atomic E-state index is 0.322. The summed E-state index contributed by atoms with van der Waals surface area (Å²) >= 11 is 1.73. The predicted molar refractivity (Wildman–Crippen MR) is 74.8 cm³/mol. The normalized spacial score (nSPS) is 13.1. The van der Waals surface area contributed by atoms with Crippen LogP contribution in [0.5, 0.6) is 0 Å². The van der Waals surface area contributed by atoms with Crippen molar-refractivity contribution in [3.05, 3.63) is 34.5 Å². The molecule has 0 aliphatic carbocycles. The fourth-order valence-corrected chi connectivity index (χ4v) is 2.78. The van der Waals surface area contributed by atoms with Gasteiger partial charge in [0, 0.05) is 18.5 Å². The van der Waals surface area contributed by atoms with Crippen molar-refractivity contribution >= 4 is 11.3 Å². The summed E-state index contributed by atoms with van der Waals surface area (Å²) in [6.45, 7) is 7.35. The molecular weight excluding hydrogens is 244 g/mol. The molecular formula is C13H20N4S. The molecule has 4 nitrogen and oxygen atoms in total. The molecule has 1 atom stereocenters. The SMILES string of the molecule is CCNC(Cc1ncnn1C(C)C)c1ccsc1. The van der Waals surface area contributed by atoms with Crippen molar-refractivity contribution in [1.82, 2.24) is 20.1 Å². The van der Waals surface area contributed by atoms with Gasteiger partial charge in [-0.3, -0.25) is 0 Å². The van der Waals surface area contributed by atoms with Crippen molar-refractivity contribution in [3.8, 4) is 0 Å². The van der Waals surface area contributed by atoms with Crippen LogP contribution in [0.25, 0.3) is 0 Å². The number of aromatic nitrogens is 3. The zero-order chi connectivity index (χ0) is 13.0. The van der Waals surface area contributed by atoms with Crippen molar-refractivity contribution in [2.24, 2.45) is 0 Å². The molecule has 18 heavy (non-hydrogen) atoms. The van der Waals surface area contributed by atoms with E-state index in [2.05, 4.69) is 53.0 Å². The van der Waals surface area contributed by atoms with E-state index in [1.165, 1.54) is 5.56 Å². The van der Waals surface area contributed by atoms with Gasteiger partial charge >= 0.3 is 0 Å². The zero-order valence-electron chi connectivity index (χ0n) is 11.1. The molecule has 0 bridgehead atoms. The molecule has 98 valence electrons. The highest BCUT2D eigenvalue weighted by atomic mass is 32.1. The van der Waals surface area contributed by atoms with Crippen LogP contribution < -0.4 is 5.32 Å². The maximum Gasteiger partial charge on any atom is 0.138 e. The highest BCUT2D eigenvalue weighted by Crippen LogP contribution is 2.20. The molecule has 0 fully saturated rings. The molecule has 0 amide bonds. The summed E-state index contributed by atoms with van der Waals surface area (Å²) in [5.74, 6) is 1.04. The average molecular weight is 264 g/mol. The Kier molecular flexibility index (Phi) is 4.49. The van der Waals surface area contributed by atoms with Crippen LogP contribution in [0.2, 0.25) is 0 Å². The van der Waals surface area contributed by atoms with Crippen molar-refractivity contribution < 1.29 is 0 Å². The Bertz CT molecular complexity index is 461. The highest BCUT2D eigenvalue weighted by Gasteiger charge is 2.16. The van der Waals surface area contributed by atoms with Crippen molar-refractivity contribution in [2.75, 3.05) is 6.54 Å². The largest absolute Gasteiger partial charge is 0.310 e. The number of rotatable bonds is 6. The number of hydrogen-bond donors (Lipinski definition) is 1. The summed E-state index contributed by atoms with van der Waals surface area (Å²) in [4.78, 5) is 4.38. The summed E-state index contributed by atoms with van der Waals surface area (Å²) in [5, 5.41) is 12.1. The molecule has 0 aliphatic heterocycles. The quantitative estimate of drug-likeness (QED) is 0.872. The van der Waals surface area contributed by atoms with Gasteiger partial charge in [-0.05, 0) is 42.8 Å². The van der Waals surface area contributed by atoms with Gasteiger partial charge in [-0.1, -0.05) is 6.92 Å². The first-order valence-corrected chi connectivity index (χ1v) is 7.30. The second-order valence-corrected chi connectivity index (χ2v) is 5.37. The first-order valence-electron chi connectivity index (χ1n) is 6.36. The third kappa shape index (κ3) is 2.97. The van der Waals surface area contributed by atoms with Crippen molar-refractivity contribution in [2.45, 2.75) is 39.3 Å². The maximum absolute atomic E-state index is 4.38. The lowest BCUT2D eigenvalue weighted by Gasteiger charge is -2.17. The molecule has 1 unspecified atom stereocenters. The topological polar surface area (TPSA) is 42.7 Å². The van der Waals surface area contributed by atoms with E-state index in [1.807, 2.05) is 4.68 Å². The lowest BCUT2D eigenvalue weighted by molar-refractivity contribution is 0.469. The lowest BCUT2D eigenvalue weighted by Crippen LogP contribution is -2.24. The molecule has 0 spiro atoms. The van der Waals surface area contributed by atoms with E-state index in [0.29, 0.717) is 12.1 Å². The van der Waals surface area contributed by atoms with E-state index in [9.17, 15) is 0 Å². The third-order valence-corrected chi connectivity index (χ3v) is 3.62. The van der Waals surface area contributed by atoms with Crippen LogP contribution in [0.4, 0.5) is 0 Å². The highest BCUT2D eigenvalue weighted by molar-refractivity contribution is 7.07. The van der Waals surface area contributed by atoms with E-state index >= 15 is 0 Å². The number of nitrogens with zero attached hydrogens (tertiary/aromatic N) is 3. The third-order valence-electron chi connectivity index (χ3n) is 2.92. The van der Waals surface area contributed by atoms with E-state index in [0.717, 1.165) is 18.8 Å². The average Bonchev–Trinajstić information content (AvgIpc) is 2.99. The Morgan fingerprint density at radius 2 is 2.28 bits per heavy atom. The van der Waals surface area contributed by atoms with Gasteiger partial charge in [0.05, 0.1) is 0 Å². The minimum absolute atomic E-state index is 0.322. The second-order valence-electron chi connectivity index (χ2n) is 4.59. The molecule has 2 aromatic rings. The smallest absolute Gasteiger partial charge is 0.138 e. The minimum Gasteiger partial charge on any atom is -0.310 e. The Hall–Kier alpha value is -1.20. The molecule has 0 aliphatic rings. The van der Waals surface area contributed by atoms with Crippen LogP contribution in [0.15, 0.2) is 23.2 Å². The van der Waals surface area contributed by atoms with Gasteiger partial charge < -0.3 is 5.32 Å². The van der Waals surface area contributed by atoms with Gasteiger partial charge in [-0.2, -0.15) is 16.4 Å². The Morgan fingerprint density at radius 1 is 1.44 bits per heavy atom. The van der Waals surface area contributed by atoms with Gasteiger partial charge in [0.2, 0.25) is 0 Å². The van der Waals surface area contributed by atoms with Gasteiger partial charge in [-0.25, -0.2) is 9.67 Å². The lowest BCUT2D eigenvalue weighted by atomic mass is 10.1. The van der Waals surface area contributed by atoms with Crippen LogP contribution in [0.3, 0.4) is 0 Å². The monoisotopic (exact) mass is 264 g/mol. The Balaban J connectivity index is 2.16. The van der Waals surface area contributed by atoms with Crippen LogP contribution in [0.1, 0.15) is 44.2 Å². The van der Waals surface area contributed by atoms with Crippen LogP contribution in [-0.2, 0) is 6.42 Å². The summed E-state index contributed by atoms with van der Waals surface area (Å²) in [6, 6.07) is 2.85. The Morgan fingerprint density at radius 3 is 2.89 bits per heavy atom. The van der Waals surface area contributed by atoms with Gasteiger partial charge in [-0.15, -0.1) is 0 Å². The molecule has 0 saturated heterocycles. The molecule has 2 heterocycles. The summed E-state index contributed by atoms with van der Waals surface area (Å²) in [5.41, 5.74) is 1.33. The number of nitrogens with one attached hydrogen (secondary N) is 1. The van der Waals surface area contributed by atoms with E-state index < -0.39 is 0 Å². The fourth-order valence-electron chi connectivity index (χ4n) is 2.06. The Labute approximate surface area is 112 Å². The van der Waals surface area contributed by atoms with Crippen LogP contribution >= 0.6 is 11.3 Å². The van der Waals surface area contributed by atoms with Crippen molar-refractivity contribution in [1.29, 1.82) is 0 Å². The van der Waals surface area contributed by atoms with Crippen molar-refractivity contribution in [3.63, 3.8) is 0 Å². The summed E-state index contributed by atoms with van der Waals surface area (Å²) < 4.78 is 2.00. The first-order chi connectivity index (χ1) is 8.72. The molecule has 2 aromatic heterocycles. The molecule has 0 radical (unpaired) electrons. The van der Waals surface area contributed by atoms with E-state index in [4.69, 9.17) is 0 Å². The number of thiophene rings is 1. The van der Waals surface area contributed by atoms with E-state index in [-0.39, 0.29) is 0 Å². The molecule has 0 saturated carbocycles. The second kappa shape index (κ2) is 6.11. The number of likely N-dealkylation sites (N-methyl/N-ethyl adjacent to an activating group) is 1. The molecule has 1 N–H and O–H groups in total. The summed E-state index contributed by atoms with van der Waals surface area (Å²) in [6.07, 6.45) is 2.52. The number of hydrogen-bond acceptors (Lipinski definition) is 4.